The highest BCUT2D eigenvalue weighted by molar-refractivity contribution is 7.92. The van der Waals surface area contributed by atoms with Gasteiger partial charge in [0.05, 0.1) is 21.2 Å². The van der Waals surface area contributed by atoms with Gasteiger partial charge in [0.2, 0.25) is 11.8 Å². The monoisotopic (exact) mass is 663 g/mol. The summed E-state index contributed by atoms with van der Waals surface area (Å²) in [6.45, 7) is 2.76. The molecule has 1 saturated carbocycles. The van der Waals surface area contributed by atoms with Crippen LogP contribution in [-0.2, 0) is 32.3 Å². The number of rotatable bonds is 11. The third kappa shape index (κ3) is 8.38. The molecule has 0 bridgehead atoms. The number of hydrogen-bond acceptors (Lipinski definition) is 4. The van der Waals surface area contributed by atoms with E-state index in [0.717, 1.165) is 55.4 Å². The molecule has 2 amide bonds. The van der Waals surface area contributed by atoms with Crippen molar-refractivity contribution in [3.8, 4) is 0 Å². The van der Waals surface area contributed by atoms with Crippen molar-refractivity contribution in [2.24, 2.45) is 0 Å². The van der Waals surface area contributed by atoms with Gasteiger partial charge in [0, 0.05) is 12.6 Å². The minimum Gasteiger partial charge on any atom is -0.352 e. The predicted molar refractivity (Wildman–Crippen MR) is 168 cm³/mol. The lowest BCUT2D eigenvalue weighted by atomic mass is 9.95. The lowest BCUT2D eigenvalue weighted by molar-refractivity contribution is -0.140. The molecule has 0 radical (unpaired) electrons. The van der Waals surface area contributed by atoms with Crippen molar-refractivity contribution in [3.63, 3.8) is 0 Å². The number of carbonyl (C=O) groups is 2. The molecule has 1 N–H and O–H groups in total. The maximum atomic E-state index is 14.3. The SMILES string of the molecule is CCC(C(=O)NC1CCCCC1)N(Cc1ccccc1C)C(=O)CN(c1ccc(Cl)c(C(F)(F)F)c1)S(=O)(=O)c1ccccc1. The average Bonchev–Trinajstić information content (AvgIpc) is 3.01. The first kappa shape index (κ1) is 34.3. The van der Waals surface area contributed by atoms with E-state index in [2.05, 4.69) is 5.32 Å². The summed E-state index contributed by atoms with van der Waals surface area (Å²) in [4.78, 5) is 29.0. The Morgan fingerprint density at radius 3 is 2.24 bits per heavy atom. The van der Waals surface area contributed by atoms with E-state index in [4.69, 9.17) is 11.6 Å². The maximum absolute atomic E-state index is 14.3. The molecule has 1 atom stereocenters. The number of sulfonamides is 1. The van der Waals surface area contributed by atoms with Gasteiger partial charge >= 0.3 is 6.18 Å². The number of halogens is 4. The van der Waals surface area contributed by atoms with E-state index in [0.29, 0.717) is 10.4 Å². The number of nitrogens with one attached hydrogen (secondary N) is 1. The van der Waals surface area contributed by atoms with Gasteiger partial charge in [-0.1, -0.05) is 80.3 Å². The van der Waals surface area contributed by atoms with Crippen LogP contribution in [0.1, 0.15) is 62.1 Å². The van der Waals surface area contributed by atoms with Crippen molar-refractivity contribution in [1.82, 2.24) is 10.2 Å². The van der Waals surface area contributed by atoms with Crippen LogP contribution < -0.4 is 9.62 Å². The normalized spacial score (nSPS) is 14.9. The van der Waals surface area contributed by atoms with Crippen molar-refractivity contribution in [2.75, 3.05) is 10.8 Å². The van der Waals surface area contributed by atoms with Crippen LogP contribution in [-0.4, -0.2) is 43.8 Å². The second kappa shape index (κ2) is 14.7. The molecule has 7 nitrogen and oxygen atoms in total. The van der Waals surface area contributed by atoms with Crippen molar-refractivity contribution < 1.29 is 31.2 Å². The van der Waals surface area contributed by atoms with Gasteiger partial charge in [-0.2, -0.15) is 13.2 Å². The summed E-state index contributed by atoms with van der Waals surface area (Å²) in [7, 11) is -4.54. The Bertz CT molecular complexity index is 1600. The van der Waals surface area contributed by atoms with Crippen molar-refractivity contribution in [1.29, 1.82) is 0 Å². The zero-order valence-corrected chi connectivity index (χ0v) is 26.8. The van der Waals surface area contributed by atoms with Crippen LogP contribution in [0.5, 0.6) is 0 Å². The van der Waals surface area contributed by atoms with Crippen molar-refractivity contribution in [3.05, 3.63) is 94.5 Å². The van der Waals surface area contributed by atoms with Gasteiger partial charge in [-0.05, 0) is 67.6 Å². The average molecular weight is 664 g/mol. The number of aryl methyl sites for hydroxylation is 1. The van der Waals surface area contributed by atoms with Crippen molar-refractivity contribution >= 4 is 39.1 Å². The lowest BCUT2D eigenvalue weighted by Gasteiger charge is -2.35. The highest BCUT2D eigenvalue weighted by Gasteiger charge is 2.37. The Kier molecular flexibility index (Phi) is 11.2. The van der Waals surface area contributed by atoms with E-state index in [1.165, 1.54) is 29.2 Å². The largest absolute Gasteiger partial charge is 0.417 e. The first-order chi connectivity index (χ1) is 21.3. The number of nitrogens with zero attached hydrogens (tertiary/aromatic N) is 2. The minimum atomic E-state index is -4.87. The molecular formula is C33H37ClF3N3O4S. The minimum absolute atomic E-state index is 0.00422. The van der Waals surface area contributed by atoms with Gasteiger partial charge in [0.25, 0.3) is 10.0 Å². The molecular weight excluding hydrogens is 627 g/mol. The molecule has 3 aromatic carbocycles. The third-order valence-corrected chi connectivity index (χ3v) is 10.2. The standard InChI is InChI=1S/C33H37ClF3N3O4S/c1-3-30(32(42)38-25-14-6-4-7-15-25)39(21-24-13-11-10-12-23(24)2)31(41)22-40(45(43,44)27-16-8-5-9-17-27)26-18-19-29(34)28(20-26)33(35,36)37/h5,8-13,16-20,25,30H,3-4,6-7,14-15,21-22H2,1-2H3,(H,38,42). The first-order valence-electron chi connectivity index (χ1n) is 14.9. The van der Waals surface area contributed by atoms with E-state index in [-0.39, 0.29) is 35.5 Å². The van der Waals surface area contributed by atoms with E-state index in [1.807, 2.05) is 25.1 Å². The highest BCUT2D eigenvalue weighted by atomic mass is 35.5. The van der Waals surface area contributed by atoms with Gasteiger partial charge in [-0.25, -0.2) is 8.42 Å². The zero-order valence-electron chi connectivity index (χ0n) is 25.2. The Hall–Kier alpha value is -3.57. The van der Waals surface area contributed by atoms with Crippen LogP contribution in [0.15, 0.2) is 77.7 Å². The van der Waals surface area contributed by atoms with Gasteiger partial charge < -0.3 is 10.2 Å². The molecule has 242 valence electrons. The van der Waals surface area contributed by atoms with Crippen LogP contribution in [0.25, 0.3) is 0 Å². The fraction of sp³-hybridized carbons (Fsp3) is 0.394. The molecule has 0 aliphatic heterocycles. The summed E-state index contributed by atoms with van der Waals surface area (Å²) >= 11 is 5.85. The summed E-state index contributed by atoms with van der Waals surface area (Å²) in [5.41, 5.74) is -0.0193. The fourth-order valence-electron chi connectivity index (χ4n) is 5.57. The Morgan fingerprint density at radius 1 is 0.978 bits per heavy atom. The highest BCUT2D eigenvalue weighted by Crippen LogP contribution is 2.38. The van der Waals surface area contributed by atoms with Crippen LogP contribution in [0.4, 0.5) is 18.9 Å². The van der Waals surface area contributed by atoms with E-state index in [1.54, 1.807) is 19.1 Å². The van der Waals surface area contributed by atoms with Crippen LogP contribution in [0.2, 0.25) is 5.02 Å². The Morgan fingerprint density at radius 2 is 1.62 bits per heavy atom. The molecule has 45 heavy (non-hydrogen) atoms. The van der Waals surface area contributed by atoms with E-state index in [9.17, 15) is 31.2 Å². The first-order valence-corrected chi connectivity index (χ1v) is 16.7. The predicted octanol–water partition coefficient (Wildman–Crippen LogP) is 7.12. The van der Waals surface area contributed by atoms with Gasteiger partial charge in [0.1, 0.15) is 12.6 Å². The van der Waals surface area contributed by atoms with Gasteiger partial charge in [-0.15, -0.1) is 0 Å². The molecule has 4 rings (SSSR count). The summed E-state index contributed by atoms with van der Waals surface area (Å²) in [5, 5.41) is 2.46. The van der Waals surface area contributed by atoms with Gasteiger partial charge in [0.15, 0.2) is 0 Å². The third-order valence-electron chi connectivity index (χ3n) is 8.09. The van der Waals surface area contributed by atoms with Crippen LogP contribution in [0, 0.1) is 6.92 Å². The number of hydrogen-bond donors (Lipinski definition) is 1. The van der Waals surface area contributed by atoms with Crippen LogP contribution >= 0.6 is 11.6 Å². The molecule has 1 aliphatic carbocycles. The molecule has 0 saturated heterocycles. The zero-order chi connectivity index (χ0) is 32.8. The molecule has 1 aliphatic rings. The molecule has 1 unspecified atom stereocenters. The Balaban J connectivity index is 1.77. The Labute approximate surface area is 267 Å². The van der Waals surface area contributed by atoms with Gasteiger partial charge in [-0.3, -0.25) is 13.9 Å². The topological polar surface area (TPSA) is 86.8 Å². The fourth-order valence-corrected chi connectivity index (χ4v) is 7.22. The number of benzene rings is 3. The molecule has 3 aromatic rings. The summed E-state index contributed by atoms with van der Waals surface area (Å²) in [5.74, 6) is -1.10. The number of anilines is 1. The number of carbonyl (C=O) groups excluding carboxylic acids is 2. The molecule has 12 heteroatoms. The van der Waals surface area contributed by atoms with E-state index >= 15 is 0 Å². The second-order valence-electron chi connectivity index (χ2n) is 11.2. The van der Waals surface area contributed by atoms with Crippen LogP contribution in [0.3, 0.4) is 0 Å². The molecule has 0 spiro atoms. The maximum Gasteiger partial charge on any atom is 0.417 e. The summed E-state index contributed by atoms with van der Waals surface area (Å²) in [6, 6.07) is 16.2. The second-order valence-corrected chi connectivity index (χ2v) is 13.5. The molecule has 1 fully saturated rings. The molecule has 0 aromatic heterocycles. The smallest absolute Gasteiger partial charge is 0.352 e. The van der Waals surface area contributed by atoms with Crippen molar-refractivity contribution in [2.45, 2.75) is 82.1 Å². The quantitative estimate of drug-likeness (QED) is 0.237. The number of alkyl halides is 3. The molecule has 0 heterocycles. The summed E-state index contributed by atoms with van der Waals surface area (Å²) in [6.07, 6.45) is 0.0848. The van der Waals surface area contributed by atoms with E-state index < -0.39 is 45.3 Å². The number of amides is 2. The summed E-state index contributed by atoms with van der Waals surface area (Å²) < 4.78 is 70.1. The lowest BCUT2D eigenvalue weighted by Crippen LogP contribution is -2.54.